The molecule has 0 fully saturated rings. The lowest BCUT2D eigenvalue weighted by atomic mass is 10.2. The Bertz CT molecular complexity index is 1250. The third kappa shape index (κ3) is 8.15. The van der Waals surface area contributed by atoms with Crippen molar-refractivity contribution in [2.75, 3.05) is 32.2 Å². The molecule has 9 nitrogen and oxygen atoms in total. The quantitative estimate of drug-likeness (QED) is 0.256. The monoisotopic (exact) mass is 525 g/mol. The number of rotatable bonds is 12. The van der Waals surface area contributed by atoms with Crippen LogP contribution >= 0.6 is 11.6 Å². The molecule has 2 amide bonds. The lowest BCUT2D eigenvalue weighted by Crippen LogP contribution is -2.20. The zero-order valence-corrected chi connectivity index (χ0v) is 21.5. The van der Waals surface area contributed by atoms with E-state index in [4.69, 9.17) is 30.5 Å². The van der Waals surface area contributed by atoms with Crippen LogP contribution in [-0.4, -0.2) is 45.0 Å². The van der Waals surface area contributed by atoms with Crippen LogP contribution in [0.25, 0.3) is 0 Å². The van der Waals surface area contributed by atoms with Crippen molar-refractivity contribution in [3.05, 3.63) is 76.8 Å². The third-order valence-electron chi connectivity index (χ3n) is 4.86. The van der Waals surface area contributed by atoms with Crippen molar-refractivity contribution < 1.29 is 28.5 Å². The van der Waals surface area contributed by atoms with Crippen LogP contribution in [0.3, 0.4) is 0 Å². The van der Waals surface area contributed by atoms with Crippen LogP contribution in [-0.2, 0) is 4.79 Å². The van der Waals surface area contributed by atoms with Crippen LogP contribution in [0.5, 0.6) is 23.0 Å². The first kappa shape index (κ1) is 27.3. The highest BCUT2D eigenvalue weighted by molar-refractivity contribution is 6.30. The van der Waals surface area contributed by atoms with E-state index in [1.54, 1.807) is 60.7 Å². The van der Waals surface area contributed by atoms with Crippen molar-refractivity contribution in [1.82, 2.24) is 5.43 Å². The first-order valence-corrected chi connectivity index (χ1v) is 11.9. The van der Waals surface area contributed by atoms with Gasteiger partial charge in [0, 0.05) is 16.3 Å². The Morgan fingerprint density at radius 3 is 2.24 bits per heavy atom. The van der Waals surface area contributed by atoms with Gasteiger partial charge >= 0.3 is 0 Å². The summed E-state index contributed by atoms with van der Waals surface area (Å²) < 4.78 is 22.0. The Morgan fingerprint density at radius 2 is 1.54 bits per heavy atom. The maximum atomic E-state index is 12.5. The van der Waals surface area contributed by atoms with Gasteiger partial charge in [-0.05, 0) is 80.1 Å². The molecule has 194 valence electrons. The largest absolute Gasteiger partial charge is 0.493 e. The van der Waals surface area contributed by atoms with Gasteiger partial charge in [-0.1, -0.05) is 11.6 Å². The summed E-state index contributed by atoms with van der Waals surface area (Å²) in [7, 11) is 1.49. The van der Waals surface area contributed by atoms with E-state index in [1.165, 1.54) is 13.3 Å². The van der Waals surface area contributed by atoms with Crippen LogP contribution in [0, 0.1) is 0 Å². The van der Waals surface area contributed by atoms with E-state index in [1.807, 2.05) is 13.8 Å². The molecule has 0 bridgehead atoms. The molecule has 3 aromatic carbocycles. The van der Waals surface area contributed by atoms with E-state index in [0.29, 0.717) is 58.0 Å². The van der Waals surface area contributed by atoms with Gasteiger partial charge in [-0.15, -0.1) is 0 Å². The maximum absolute atomic E-state index is 12.5. The van der Waals surface area contributed by atoms with Crippen molar-refractivity contribution in [2.45, 2.75) is 13.8 Å². The van der Waals surface area contributed by atoms with Gasteiger partial charge in [-0.2, -0.15) is 5.10 Å². The molecule has 0 heterocycles. The molecule has 0 saturated heterocycles. The van der Waals surface area contributed by atoms with Gasteiger partial charge in [0.2, 0.25) is 0 Å². The second kappa shape index (κ2) is 13.7. The highest BCUT2D eigenvalue weighted by atomic mass is 35.5. The van der Waals surface area contributed by atoms with Gasteiger partial charge < -0.3 is 24.3 Å². The number of halogens is 1. The number of carbonyl (C=O) groups is 2. The number of hydrogen-bond acceptors (Lipinski definition) is 7. The summed E-state index contributed by atoms with van der Waals surface area (Å²) >= 11 is 5.85. The average Bonchev–Trinajstić information content (AvgIpc) is 2.90. The summed E-state index contributed by atoms with van der Waals surface area (Å²) in [4.78, 5) is 24.7. The van der Waals surface area contributed by atoms with Gasteiger partial charge in [0.25, 0.3) is 11.8 Å². The molecule has 0 saturated carbocycles. The first-order valence-electron chi connectivity index (χ1n) is 11.5. The second-order valence-corrected chi connectivity index (χ2v) is 7.92. The summed E-state index contributed by atoms with van der Waals surface area (Å²) in [6.07, 6.45) is 1.47. The minimum Gasteiger partial charge on any atom is -0.493 e. The molecular formula is C27H28ClN3O6. The predicted octanol–water partition coefficient (Wildman–Crippen LogP) is 4.93. The smallest absolute Gasteiger partial charge is 0.271 e. The van der Waals surface area contributed by atoms with Crippen LogP contribution in [0.2, 0.25) is 5.02 Å². The zero-order chi connectivity index (χ0) is 26.6. The number of amides is 2. The number of hydrogen-bond donors (Lipinski definition) is 2. The number of nitrogens with zero attached hydrogens (tertiary/aromatic N) is 1. The topological polar surface area (TPSA) is 107 Å². The molecule has 0 aromatic heterocycles. The molecule has 3 rings (SSSR count). The Labute approximate surface area is 220 Å². The number of anilines is 1. The summed E-state index contributed by atoms with van der Waals surface area (Å²) in [5.74, 6) is 1.11. The predicted molar refractivity (Wildman–Crippen MR) is 142 cm³/mol. The summed E-state index contributed by atoms with van der Waals surface area (Å²) in [5, 5.41) is 7.32. The Hall–Kier alpha value is -4.24. The third-order valence-corrected chi connectivity index (χ3v) is 5.11. The molecule has 0 aliphatic heterocycles. The first-order chi connectivity index (χ1) is 17.9. The fraction of sp³-hybridized carbons (Fsp3) is 0.222. The number of hydrazone groups is 1. The molecule has 0 unspecified atom stereocenters. The van der Waals surface area contributed by atoms with Gasteiger partial charge in [0.1, 0.15) is 0 Å². The molecule has 2 N–H and O–H groups in total. The average molecular weight is 526 g/mol. The zero-order valence-electron chi connectivity index (χ0n) is 20.7. The number of carbonyl (C=O) groups excluding carboxylic acids is 2. The van der Waals surface area contributed by atoms with Gasteiger partial charge in [-0.3, -0.25) is 9.59 Å². The molecule has 0 aliphatic rings. The molecule has 3 aromatic rings. The lowest BCUT2D eigenvalue weighted by Gasteiger charge is -2.12. The van der Waals surface area contributed by atoms with E-state index in [0.717, 1.165) is 0 Å². The molecular weight excluding hydrogens is 498 g/mol. The van der Waals surface area contributed by atoms with Crippen molar-refractivity contribution >= 4 is 35.3 Å². The van der Waals surface area contributed by atoms with Crippen LogP contribution in [0.4, 0.5) is 5.69 Å². The van der Waals surface area contributed by atoms with E-state index in [9.17, 15) is 9.59 Å². The minimum absolute atomic E-state index is 0.214. The van der Waals surface area contributed by atoms with E-state index >= 15 is 0 Å². The number of methoxy groups -OCH3 is 1. The standard InChI is InChI=1S/C27H28ClN3O6/c1-4-35-23-13-7-19(15-25(23)36-5-2)27(33)31-29-16-18-6-12-22(24(14-18)34-3)37-17-26(32)30-21-10-8-20(28)9-11-21/h6-16H,4-5,17H2,1-3H3,(H,30,32)(H,31,33)/b29-16+. The van der Waals surface area contributed by atoms with E-state index in [2.05, 4.69) is 15.8 Å². The molecule has 10 heteroatoms. The van der Waals surface area contributed by atoms with Crippen LogP contribution < -0.4 is 29.7 Å². The van der Waals surface area contributed by atoms with Crippen LogP contribution in [0.1, 0.15) is 29.8 Å². The number of benzene rings is 3. The fourth-order valence-electron chi connectivity index (χ4n) is 3.18. The van der Waals surface area contributed by atoms with Crippen LogP contribution in [0.15, 0.2) is 65.8 Å². The fourth-order valence-corrected chi connectivity index (χ4v) is 3.31. The highest BCUT2D eigenvalue weighted by Crippen LogP contribution is 2.29. The highest BCUT2D eigenvalue weighted by Gasteiger charge is 2.12. The van der Waals surface area contributed by atoms with Gasteiger partial charge in [-0.25, -0.2) is 5.43 Å². The van der Waals surface area contributed by atoms with Gasteiger partial charge in [0.05, 0.1) is 26.5 Å². The summed E-state index contributed by atoms with van der Waals surface area (Å²) in [6.45, 7) is 4.44. The van der Waals surface area contributed by atoms with Crippen molar-refractivity contribution in [2.24, 2.45) is 5.10 Å². The molecule has 0 radical (unpaired) electrons. The van der Waals surface area contributed by atoms with Crippen molar-refractivity contribution in [1.29, 1.82) is 0 Å². The van der Waals surface area contributed by atoms with Crippen molar-refractivity contribution in [3.63, 3.8) is 0 Å². The molecule has 0 aliphatic carbocycles. The van der Waals surface area contributed by atoms with E-state index in [-0.39, 0.29) is 12.5 Å². The Balaban J connectivity index is 1.58. The molecule has 37 heavy (non-hydrogen) atoms. The van der Waals surface area contributed by atoms with E-state index < -0.39 is 5.91 Å². The molecule has 0 atom stereocenters. The second-order valence-electron chi connectivity index (χ2n) is 7.48. The number of ether oxygens (including phenoxy) is 4. The Morgan fingerprint density at radius 1 is 0.865 bits per heavy atom. The lowest BCUT2D eigenvalue weighted by molar-refractivity contribution is -0.118. The molecule has 0 spiro atoms. The van der Waals surface area contributed by atoms with Gasteiger partial charge in [0.15, 0.2) is 29.6 Å². The maximum Gasteiger partial charge on any atom is 0.271 e. The Kier molecular flexibility index (Phi) is 10.2. The normalized spacial score (nSPS) is 10.6. The summed E-state index contributed by atoms with van der Waals surface area (Å²) in [6, 6.07) is 16.7. The van der Waals surface area contributed by atoms with Crippen molar-refractivity contribution in [3.8, 4) is 23.0 Å². The minimum atomic E-state index is -0.404. The summed E-state index contributed by atoms with van der Waals surface area (Å²) in [5.41, 5.74) is 4.12. The SMILES string of the molecule is CCOc1ccc(C(=O)N/N=C/c2ccc(OCC(=O)Nc3ccc(Cl)cc3)c(OC)c2)cc1OCC. The number of nitrogens with one attached hydrogen (secondary N) is 2.